The summed E-state index contributed by atoms with van der Waals surface area (Å²) in [5.74, 6) is 2.25. The molecule has 0 radical (unpaired) electrons. The van der Waals surface area contributed by atoms with Gasteiger partial charge in [0.2, 0.25) is 0 Å². The number of ether oxygens (including phenoxy) is 3. The standard InChI is InChI=1S/C21H28ClN5O3.HI/c1-3-23-21(27-6-7-28-19(14-27)16-12-25-26(2)13-16)24-5-4-15-10-17(22)20-18(11-15)29-8-9-30-20;/h10-13,19H,3-9,14H2,1-2H3,(H,23,24);1H. The number of halogens is 2. The van der Waals surface area contributed by atoms with Crippen LogP contribution >= 0.6 is 35.6 Å². The zero-order valence-electron chi connectivity index (χ0n) is 17.8. The average Bonchev–Trinajstić information content (AvgIpc) is 3.20. The molecule has 1 fully saturated rings. The first-order chi connectivity index (χ1) is 14.6. The van der Waals surface area contributed by atoms with Crippen LogP contribution < -0.4 is 14.8 Å². The first-order valence-corrected chi connectivity index (χ1v) is 10.7. The maximum atomic E-state index is 6.35. The second-order valence-corrected chi connectivity index (χ2v) is 7.75. The molecule has 1 aromatic heterocycles. The van der Waals surface area contributed by atoms with Gasteiger partial charge in [-0.25, -0.2) is 0 Å². The number of fused-ring (bicyclic) bond motifs is 1. The molecule has 8 nitrogen and oxygen atoms in total. The Morgan fingerprint density at radius 1 is 1.29 bits per heavy atom. The zero-order valence-corrected chi connectivity index (χ0v) is 20.9. The summed E-state index contributed by atoms with van der Waals surface area (Å²) >= 11 is 6.35. The Bertz CT molecular complexity index is 907. The van der Waals surface area contributed by atoms with E-state index >= 15 is 0 Å². The molecule has 1 N–H and O–H groups in total. The molecule has 2 aliphatic heterocycles. The fourth-order valence-electron chi connectivity index (χ4n) is 3.68. The maximum Gasteiger partial charge on any atom is 0.194 e. The minimum Gasteiger partial charge on any atom is -0.486 e. The largest absolute Gasteiger partial charge is 0.486 e. The summed E-state index contributed by atoms with van der Waals surface area (Å²) < 4.78 is 19.0. The van der Waals surface area contributed by atoms with Crippen molar-refractivity contribution in [2.75, 3.05) is 46.0 Å². The number of aliphatic imine (C=N–C) groups is 1. The Morgan fingerprint density at radius 3 is 2.90 bits per heavy atom. The lowest BCUT2D eigenvalue weighted by Gasteiger charge is -2.34. The van der Waals surface area contributed by atoms with E-state index in [1.807, 2.05) is 31.6 Å². The van der Waals surface area contributed by atoms with Crippen molar-refractivity contribution < 1.29 is 14.2 Å². The summed E-state index contributed by atoms with van der Waals surface area (Å²) in [5.41, 5.74) is 2.17. The smallest absolute Gasteiger partial charge is 0.194 e. The highest BCUT2D eigenvalue weighted by Gasteiger charge is 2.25. The molecule has 2 aromatic rings. The van der Waals surface area contributed by atoms with Crippen molar-refractivity contribution in [1.82, 2.24) is 20.0 Å². The Hall–Kier alpha value is -1.72. The van der Waals surface area contributed by atoms with Crippen LogP contribution in [0, 0.1) is 0 Å². The van der Waals surface area contributed by atoms with Crippen LogP contribution in [0.15, 0.2) is 29.5 Å². The third-order valence-corrected chi connectivity index (χ3v) is 5.40. The number of aryl methyl sites for hydroxylation is 1. The zero-order chi connectivity index (χ0) is 20.9. The fraction of sp³-hybridized carbons (Fsp3) is 0.524. The van der Waals surface area contributed by atoms with Crippen molar-refractivity contribution in [3.63, 3.8) is 0 Å². The van der Waals surface area contributed by atoms with E-state index < -0.39 is 0 Å². The number of aromatic nitrogens is 2. The monoisotopic (exact) mass is 561 g/mol. The van der Waals surface area contributed by atoms with E-state index in [0.717, 1.165) is 43.1 Å². The van der Waals surface area contributed by atoms with Crippen molar-refractivity contribution in [3.8, 4) is 11.5 Å². The van der Waals surface area contributed by atoms with Crippen LogP contribution in [0.3, 0.4) is 0 Å². The SMILES string of the molecule is CCNC(=NCCc1cc(Cl)c2c(c1)OCCO2)N1CCOC(c2cnn(C)c2)C1.I. The van der Waals surface area contributed by atoms with E-state index in [2.05, 4.69) is 22.2 Å². The molecule has 2 aliphatic rings. The van der Waals surface area contributed by atoms with Gasteiger partial charge >= 0.3 is 0 Å². The van der Waals surface area contributed by atoms with Crippen LogP contribution in [0.4, 0.5) is 0 Å². The second-order valence-electron chi connectivity index (χ2n) is 7.34. The Morgan fingerprint density at radius 2 is 2.13 bits per heavy atom. The highest BCUT2D eigenvalue weighted by molar-refractivity contribution is 14.0. The van der Waals surface area contributed by atoms with E-state index in [-0.39, 0.29) is 30.1 Å². The van der Waals surface area contributed by atoms with Gasteiger partial charge in [0.05, 0.1) is 24.4 Å². The minimum absolute atomic E-state index is 0. The van der Waals surface area contributed by atoms with E-state index in [0.29, 0.717) is 42.9 Å². The lowest BCUT2D eigenvalue weighted by atomic mass is 10.1. The second kappa shape index (κ2) is 11.2. The molecule has 170 valence electrons. The number of benzene rings is 1. The van der Waals surface area contributed by atoms with E-state index in [4.69, 9.17) is 30.8 Å². The quantitative estimate of drug-likeness (QED) is 0.344. The molecule has 1 saturated heterocycles. The van der Waals surface area contributed by atoms with Crippen LogP contribution in [-0.2, 0) is 18.2 Å². The van der Waals surface area contributed by atoms with Crippen LogP contribution in [0.25, 0.3) is 0 Å². The molecular formula is C21H29ClIN5O3. The molecule has 0 aliphatic carbocycles. The molecule has 0 amide bonds. The van der Waals surface area contributed by atoms with E-state index in [9.17, 15) is 0 Å². The highest BCUT2D eigenvalue weighted by Crippen LogP contribution is 2.38. The average molecular weight is 562 g/mol. The molecular weight excluding hydrogens is 533 g/mol. The fourth-order valence-corrected chi connectivity index (χ4v) is 3.96. The number of hydrogen-bond acceptors (Lipinski definition) is 5. The summed E-state index contributed by atoms with van der Waals surface area (Å²) in [7, 11) is 1.92. The van der Waals surface area contributed by atoms with Crippen LogP contribution in [0.1, 0.15) is 24.2 Å². The third-order valence-electron chi connectivity index (χ3n) is 5.12. The van der Waals surface area contributed by atoms with Crippen LogP contribution in [-0.4, -0.2) is 66.6 Å². The maximum absolute atomic E-state index is 6.35. The van der Waals surface area contributed by atoms with E-state index in [1.54, 1.807) is 4.68 Å². The summed E-state index contributed by atoms with van der Waals surface area (Å²) in [6, 6.07) is 3.93. The molecule has 4 rings (SSSR count). The van der Waals surface area contributed by atoms with Crippen molar-refractivity contribution in [2.45, 2.75) is 19.4 Å². The summed E-state index contributed by atoms with van der Waals surface area (Å²) in [6.07, 6.45) is 4.63. The molecule has 0 saturated carbocycles. The van der Waals surface area contributed by atoms with Gasteiger partial charge in [0.25, 0.3) is 0 Å². The highest BCUT2D eigenvalue weighted by atomic mass is 127. The summed E-state index contributed by atoms with van der Waals surface area (Å²) in [5, 5.41) is 8.26. The lowest BCUT2D eigenvalue weighted by Crippen LogP contribution is -2.48. The van der Waals surface area contributed by atoms with Gasteiger partial charge in [-0.3, -0.25) is 9.67 Å². The van der Waals surface area contributed by atoms with Crippen molar-refractivity contribution in [1.29, 1.82) is 0 Å². The molecule has 0 spiro atoms. The first kappa shape index (κ1) is 23.9. The molecule has 1 atom stereocenters. The first-order valence-electron chi connectivity index (χ1n) is 10.4. The van der Waals surface area contributed by atoms with Gasteiger partial charge < -0.3 is 24.4 Å². The van der Waals surface area contributed by atoms with Crippen molar-refractivity contribution in [2.24, 2.45) is 12.0 Å². The van der Waals surface area contributed by atoms with Gasteiger partial charge in [0.1, 0.15) is 19.3 Å². The number of rotatable bonds is 5. The molecule has 1 aromatic carbocycles. The lowest BCUT2D eigenvalue weighted by molar-refractivity contribution is -0.00803. The predicted octanol–water partition coefficient (Wildman–Crippen LogP) is 3.04. The number of morpholine rings is 1. The van der Waals surface area contributed by atoms with Gasteiger partial charge in [-0.2, -0.15) is 5.10 Å². The molecule has 31 heavy (non-hydrogen) atoms. The third kappa shape index (κ3) is 5.95. The van der Waals surface area contributed by atoms with Gasteiger partial charge in [-0.1, -0.05) is 11.6 Å². The van der Waals surface area contributed by atoms with Gasteiger partial charge in [0.15, 0.2) is 17.5 Å². The molecule has 10 heteroatoms. The van der Waals surface area contributed by atoms with Gasteiger partial charge in [-0.05, 0) is 31.0 Å². The van der Waals surface area contributed by atoms with Crippen LogP contribution in [0.5, 0.6) is 11.5 Å². The predicted molar refractivity (Wildman–Crippen MR) is 131 cm³/mol. The molecule has 0 bridgehead atoms. The number of nitrogens with one attached hydrogen (secondary N) is 1. The van der Waals surface area contributed by atoms with Crippen molar-refractivity contribution in [3.05, 3.63) is 40.7 Å². The normalized spacial score (nSPS) is 18.5. The Labute approximate surface area is 204 Å². The number of guanidine groups is 1. The van der Waals surface area contributed by atoms with Gasteiger partial charge in [0, 0.05) is 38.4 Å². The minimum atomic E-state index is -0.00657. The Balaban J connectivity index is 0.00000272. The van der Waals surface area contributed by atoms with E-state index in [1.165, 1.54) is 0 Å². The summed E-state index contributed by atoms with van der Waals surface area (Å²) in [4.78, 5) is 7.10. The van der Waals surface area contributed by atoms with Gasteiger partial charge in [-0.15, -0.1) is 24.0 Å². The van der Waals surface area contributed by atoms with Crippen molar-refractivity contribution >= 4 is 41.5 Å². The number of hydrogen-bond donors (Lipinski definition) is 1. The topological polar surface area (TPSA) is 73.1 Å². The summed E-state index contributed by atoms with van der Waals surface area (Å²) in [6.45, 7) is 6.81. The van der Waals surface area contributed by atoms with Crippen LogP contribution in [0.2, 0.25) is 5.02 Å². The molecule has 3 heterocycles. The molecule has 1 unspecified atom stereocenters. The number of nitrogens with zero attached hydrogens (tertiary/aromatic N) is 4. The Kier molecular flexibility index (Phi) is 8.67.